The predicted octanol–water partition coefficient (Wildman–Crippen LogP) is 1.76. The molecule has 0 bridgehead atoms. The maximum absolute atomic E-state index is 5.94. The highest BCUT2D eigenvalue weighted by Gasteiger charge is 2.28. The summed E-state index contributed by atoms with van der Waals surface area (Å²) in [6, 6.07) is 12.8. The molecule has 23 heavy (non-hydrogen) atoms. The largest absolute Gasteiger partial charge is 0.491 e. The molecule has 1 heterocycles. The lowest BCUT2D eigenvalue weighted by Crippen LogP contribution is -2.37. The Labute approximate surface area is 137 Å². The molecule has 0 radical (unpaired) electrons. The Balaban J connectivity index is 1.77. The van der Waals surface area contributed by atoms with E-state index in [-0.39, 0.29) is 6.10 Å². The lowest BCUT2D eigenvalue weighted by Gasteiger charge is -2.17. The van der Waals surface area contributed by atoms with Gasteiger partial charge in [-0.05, 0) is 46.0 Å². The Morgan fingerprint density at radius 3 is 2.65 bits per heavy atom. The van der Waals surface area contributed by atoms with Crippen molar-refractivity contribution in [2.24, 2.45) is 0 Å². The predicted molar refractivity (Wildman–Crippen MR) is 90.7 cm³/mol. The summed E-state index contributed by atoms with van der Waals surface area (Å²) in [5.74, 6) is 0.873. The van der Waals surface area contributed by atoms with Crippen LogP contribution in [0.2, 0.25) is 0 Å². The summed E-state index contributed by atoms with van der Waals surface area (Å²) in [5.41, 5.74) is 5.21. The van der Waals surface area contributed by atoms with Crippen molar-refractivity contribution in [3.05, 3.63) is 47.5 Å². The van der Waals surface area contributed by atoms with Gasteiger partial charge >= 0.3 is 9.28 Å². The lowest BCUT2D eigenvalue weighted by atomic mass is 10.1. The molecule has 0 aromatic heterocycles. The summed E-state index contributed by atoms with van der Waals surface area (Å²) in [6.07, 6.45) is 1.18. The highest BCUT2D eigenvalue weighted by molar-refractivity contribution is 6.62. The van der Waals surface area contributed by atoms with Crippen LogP contribution in [0.4, 0.5) is 0 Å². The van der Waals surface area contributed by atoms with E-state index in [9.17, 15) is 0 Å². The molecule has 1 aliphatic heterocycles. The third-order valence-electron chi connectivity index (χ3n) is 4.45. The van der Waals surface area contributed by atoms with Crippen molar-refractivity contribution in [1.29, 1.82) is 0 Å². The van der Waals surface area contributed by atoms with Gasteiger partial charge in [-0.2, -0.15) is 0 Å². The molecular weight excluding hydrogens is 308 g/mol. The van der Waals surface area contributed by atoms with Crippen LogP contribution in [-0.2, 0) is 20.0 Å². The quantitative estimate of drug-likeness (QED) is 0.511. The number of hydrogen-bond donors (Lipinski definition) is 0. The van der Waals surface area contributed by atoms with Crippen molar-refractivity contribution in [2.45, 2.75) is 12.5 Å². The minimum atomic E-state index is -1.90. The highest BCUT2D eigenvalue weighted by Crippen LogP contribution is 2.38. The van der Waals surface area contributed by atoms with Gasteiger partial charge in [0.2, 0.25) is 0 Å². The van der Waals surface area contributed by atoms with E-state index in [1.54, 1.807) is 14.2 Å². The van der Waals surface area contributed by atoms with Crippen molar-refractivity contribution in [1.82, 2.24) is 0 Å². The second kappa shape index (κ2) is 6.09. The molecule has 1 atom stereocenters. The molecule has 4 nitrogen and oxygen atoms in total. The van der Waals surface area contributed by atoms with Crippen molar-refractivity contribution < 1.29 is 18.3 Å². The van der Waals surface area contributed by atoms with Crippen LogP contribution in [0.25, 0.3) is 11.1 Å². The molecule has 1 saturated heterocycles. The fourth-order valence-electron chi connectivity index (χ4n) is 3.23. The first-order valence-electron chi connectivity index (χ1n) is 7.85. The van der Waals surface area contributed by atoms with E-state index in [1.165, 1.54) is 27.4 Å². The van der Waals surface area contributed by atoms with Crippen LogP contribution in [-0.4, -0.2) is 42.8 Å². The van der Waals surface area contributed by atoms with E-state index in [1.807, 2.05) is 0 Å². The second-order valence-corrected chi connectivity index (χ2v) is 8.17. The molecule has 4 rings (SSSR count). The Morgan fingerprint density at radius 1 is 1.13 bits per heavy atom. The molecule has 1 unspecified atom stereocenters. The molecule has 0 saturated carbocycles. The first kappa shape index (κ1) is 14.9. The number of ether oxygens (including phenoxy) is 2. The third-order valence-corrected chi connectivity index (χ3v) is 6.33. The standard InChI is InChI=1S/C18H20O4Si/c1-19-23(20-2)18-9-13(21-10-14-11-22-14)8-16-15-6-4-3-5-12(15)7-17(16)18/h3-6,8-9,14,23H,7,10-11H2,1-2H3. The van der Waals surface area contributed by atoms with E-state index < -0.39 is 9.28 Å². The van der Waals surface area contributed by atoms with Gasteiger partial charge in [-0.1, -0.05) is 24.3 Å². The smallest absolute Gasteiger partial charge is 0.355 e. The summed E-state index contributed by atoms with van der Waals surface area (Å²) >= 11 is 0. The highest BCUT2D eigenvalue weighted by atomic mass is 28.3. The normalized spacial score (nSPS) is 18.0. The minimum absolute atomic E-state index is 0.247. The van der Waals surface area contributed by atoms with Crippen LogP contribution < -0.4 is 9.92 Å². The molecule has 0 N–H and O–H groups in total. The molecule has 0 amide bonds. The van der Waals surface area contributed by atoms with Crippen LogP contribution in [0.3, 0.4) is 0 Å². The number of fused-ring (bicyclic) bond motifs is 3. The molecule has 0 spiro atoms. The van der Waals surface area contributed by atoms with Gasteiger partial charge in [-0.25, -0.2) is 0 Å². The fraction of sp³-hybridized carbons (Fsp3) is 0.333. The Bertz CT molecular complexity index is 723. The zero-order chi connectivity index (χ0) is 15.8. The van der Waals surface area contributed by atoms with Crippen LogP contribution >= 0.6 is 0 Å². The van der Waals surface area contributed by atoms with Crippen LogP contribution in [0.5, 0.6) is 5.75 Å². The van der Waals surface area contributed by atoms with E-state index >= 15 is 0 Å². The van der Waals surface area contributed by atoms with Crippen molar-refractivity contribution >= 4 is 14.5 Å². The van der Waals surface area contributed by atoms with Gasteiger partial charge in [-0.15, -0.1) is 0 Å². The Morgan fingerprint density at radius 2 is 1.91 bits per heavy atom. The van der Waals surface area contributed by atoms with E-state index in [2.05, 4.69) is 36.4 Å². The third kappa shape index (κ3) is 2.81. The second-order valence-electron chi connectivity index (χ2n) is 5.94. The first-order chi connectivity index (χ1) is 11.3. The summed E-state index contributed by atoms with van der Waals surface area (Å²) in [6.45, 7) is 1.40. The summed E-state index contributed by atoms with van der Waals surface area (Å²) < 4.78 is 22.4. The van der Waals surface area contributed by atoms with E-state index in [0.29, 0.717) is 6.61 Å². The van der Waals surface area contributed by atoms with E-state index in [0.717, 1.165) is 18.8 Å². The van der Waals surface area contributed by atoms with Gasteiger partial charge in [-0.3, -0.25) is 0 Å². The average Bonchev–Trinajstić information content (AvgIpc) is 3.34. The van der Waals surface area contributed by atoms with Crippen molar-refractivity contribution in [3.63, 3.8) is 0 Å². The lowest BCUT2D eigenvalue weighted by molar-refractivity contribution is 0.263. The first-order valence-corrected chi connectivity index (χ1v) is 9.37. The van der Waals surface area contributed by atoms with Gasteiger partial charge in [0, 0.05) is 14.2 Å². The molecular formula is C18H20O4Si. The van der Waals surface area contributed by atoms with Gasteiger partial charge < -0.3 is 18.3 Å². The summed E-state index contributed by atoms with van der Waals surface area (Å²) in [4.78, 5) is 0. The monoisotopic (exact) mass is 328 g/mol. The fourth-order valence-corrected chi connectivity index (χ4v) is 4.77. The maximum atomic E-state index is 5.94. The van der Waals surface area contributed by atoms with Gasteiger partial charge in [0.05, 0.1) is 6.61 Å². The SMILES string of the molecule is CO[SiH](OC)c1cc(OCC2CO2)cc2c1Cc1ccccc1-2. The minimum Gasteiger partial charge on any atom is -0.491 e. The topological polar surface area (TPSA) is 40.2 Å². The van der Waals surface area contributed by atoms with Crippen LogP contribution in [0.15, 0.2) is 36.4 Å². The molecule has 2 aliphatic rings. The van der Waals surface area contributed by atoms with Gasteiger partial charge in [0.25, 0.3) is 0 Å². The molecule has 1 aliphatic carbocycles. The zero-order valence-corrected chi connectivity index (χ0v) is 14.5. The molecule has 5 heteroatoms. The molecule has 1 fully saturated rings. The summed E-state index contributed by atoms with van der Waals surface area (Å²) in [7, 11) is 1.55. The van der Waals surface area contributed by atoms with Gasteiger partial charge in [0.15, 0.2) is 0 Å². The van der Waals surface area contributed by atoms with Crippen LogP contribution in [0, 0.1) is 0 Å². The molecule has 2 aromatic rings. The molecule has 2 aromatic carbocycles. The van der Waals surface area contributed by atoms with Crippen molar-refractivity contribution in [3.8, 4) is 16.9 Å². The summed E-state index contributed by atoms with van der Waals surface area (Å²) in [5, 5.41) is 1.18. The Kier molecular flexibility index (Phi) is 3.94. The van der Waals surface area contributed by atoms with E-state index in [4.69, 9.17) is 18.3 Å². The number of epoxide rings is 1. The van der Waals surface area contributed by atoms with Crippen LogP contribution in [0.1, 0.15) is 11.1 Å². The maximum Gasteiger partial charge on any atom is 0.355 e. The van der Waals surface area contributed by atoms with Crippen molar-refractivity contribution in [2.75, 3.05) is 27.4 Å². The number of hydrogen-bond acceptors (Lipinski definition) is 4. The number of benzene rings is 2. The molecule has 120 valence electrons. The average molecular weight is 328 g/mol. The Hall–Kier alpha value is -1.66. The van der Waals surface area contributed by atoms with Gasteiger partial charge in [0.1, 0.15) is 18.5 Å². The number of rotatable bonds is 6. The zero-order valence-electron chi connectivity index (χ0n) is 13.4.